The van der Waals surface area contributed by atoms with Crippen LogP contribution in [-0.4, -0.2) is 111 Å². The van der Waals surface area contributed by atoms with Crippen LogP contribution >= 0.6 is 0 Å². The fraction of sp³-hybridized carbons (Fsp3) is 0.792. The number of ketones is 1. The van der Waals surface area contributed by atoms with Crippen LogP contribution in [0.15, 0.2) is 23.3 Å². The molecule has 0 bridgehead atoms. The third-order valence-electron chi connectivity index (χ3n) is 7.04. The van der Waals surface area contributed by atoms with E-state index in [1.807, 2.05) is 6.92 Å². The molecule has 2 heterocycles. The maximum absolute atomic E-state index is 11.5. The summed E-state index contributed by atoms with van der Waals surface area (Å²) in [5.41, 5.74) is 1.63. The Morgan fingerprint density at radius 1 is 1.00 bits per heavy atom. The minimum Gasteiger partial charge on any atom is -0.394 e. The Morgan fingerprint density at radius 2 is 1.60 bits per heavy atom. The number of aliphatic hydroxyl groups excluding tert-OH is 6. The lowest BCUT2D eigenvalue weighted by molar-refractivity contribution is -0.317. The Morgan fingerprint density at radius 3 is 2.20 bits per heavy atom. The zero-order valence-electron chi connectivity index (χ0n) is 20.5. The monoisotopic (exact) mass is 502 g/mol. The van der Waals surface area contributed by atoms with Gasteiger partial charge in [-0.25, -0.2) is 0 Å². The second-order valence-electron chi connectivity index (χ2n) is 10.1. The van der Waals surface area contributed by atoms with Gasteiger partial charge in [0.15, 0.2) is 18.4 Å². The van der Waals surface area contributed by atoms with Gasteiger partial charge in [-0.3, -0.25) is 4.79 Å². The lowest BCUT2D eigenvalue weighted by Gasteiger charge is -2.43. The highest BCUT2D eigenvalue weighted by molar-refractivity contribution is 5.87. The predicted octanol–water partition coefficient (Wildman–Crippen LogP) is -1.08. The number of carbonyl (C=O) groups excluding carboxylic acids is 1. The third-order valence-corrected chi connectivity index (χ3v) is 7.04. The van der Waals surface area contributed by atoms with Crippen molar-refractivity contribution >= 4 is 5.78 Å². The molecule has 2 saturated heterocycles. The largest absolute Gasteiger partial charge is 0.394 e. The average molecular weight is 503 g/mol. The van der Waals surface area contributed by atoms with Gasteiger partial charge < -0.3 is 49.6 Å². The van der Waals surface area contributed by atoms with Crippen LogP contribution in [0.5, 0.6) is 0 Å². The fourth-order valence-electron chi connectivity index (χ4n) is 4.80. The van der Waals surface area contributed by atoms with E-state index in [0.717, 1.165) is 17.6 Å². The molecule has 0 aromatic heterocycles. The van der Waals surface area contributed by atoms with Crippen molar-refractivity contribution in [2.24, 2.45) is 5.41 Å². The van der Waals surface area contributed by atoms with Crippen molar-refractivity contribution < 1.29 is 54.4 Å². The van der Waals surface area contributed by atoms with E-state index in [-0.39, 0.29) is 17.8 Å². The Balaban J connectivity index is 1.70. The van der Waals surface area contributed by atoms with Crippen LogP contribution in [0, 0.1) is 5.41 Å². The highest BCUT2D eigenvalue weighted by Gasteiger charge is 2.48. The number of allylic oxidation sites excluding steroid dienone is 3. The molecule has 2 fully saturated rings. The van der Waals surface area contributed by atoms with Crippen molar-refractivity contribution in [1.29, 1.82) is 0 Å². The molecule has 0 radical (unpaired) electrons. The summed E-state index contributed by atoms with van der Waals surface area (Å²) in [7, 11) is 0. The summed E-state index contributed by atoms with van der Waals surface area (Å²) in [6, 6.07) is 0. The Hall–Kier alpha value is -1.25. The molecule has 10 unspecified atom stereocenters. The first kappa shape index (κ1) is 28.3. The smallest absolute Gasteiger partial charge is 0.187 e. The van der Waals surface area contributed by atoms with E-state index in [4.69, 9.17) is 18.9 Å². The molecule has 10 atom stereocenters. The molecule has 0 aromatic rings. The van der Waals surface area contributed by atoms with E-state index in [9.17, 15) is 35.4 Å². The molecule has 200 valence electrons. The molecule has 11 heteroatoms. The van der Waals surface area contributed by atoms with Crippen molar-refractivity contribution in [3.63, 3.8) is 0 Å². The van der Waals surface area contributed by atoms with Gasteiger partial charge in [0.2, 0.25) is 0 Å². The first-order valence-corrected chi connectivity index (χ1v) is 11.9. The molecular weight excluding hydrogens is 464 g/mol. The van der Waals surface area contributed by atoms with Crippen LogP contribution in [0.4, 0.5) is 0 Å². The average Bonchev–Trinajstić information content (AvgIpc) is 3.07. The molecule has 0 aromatic carbocycles. The lowest BCUT2D eigenvalue weighted by atomic mass is 9.71. The summed E-state index contributed by atoms with van der Waals surface area (Å²) < 4.78 is 22.5. The second kappa shape index (κ2) is 11.4. The van der Waals surface area contributed by atoms with Gasteiger partial charge >= 0.3 is 0 Å². The van der Waals surface area contributed by atoms with Gasteiger partial charge in [0.25, 0.3) is 0 Å². The van der Waals surface area contributed by atoms with Crippen LogP contribution in [0.2, 0.25) is 0 Å². The second-order valence-corrected chi connectivity index (χ2v) is 10.1. The summed E-state index contributed by atoms with van der Waals surface area (Å²) in [4.78, 5) is 11.5. The van der Waals surface area contributed by atoms with Crippen LogP contribution in [0.3, 0.4) is 0 Å². The summed E-state index contributed by atoms with van der Waals surface area (Å²) in [6.07, 6.45) is -7.94. The van der Waals surface area contributed by atoms with Crippen LogP contribution in [0.25, 0.3) is 0 Å². The SMILES string of the molecule is CC(=O)C=CC1=C(C)C(OC2OC(COC3OC(CO)C(O)C3O)C(O)C(O)C2O)CCC1(C)C. The molecule has 1 aliphatic carbocycles. The predicted molar refractivity (Wildman–Crippen MR) is 121 cm³/mol. The number of carbonyl (C=O) groups is 1. The van der Waals surface area contributed by atoms with Crippen molar-refractivity contribution in [3.05, 3.63) is 23.3 Å². The van der Waals surface area contributed by atoms with E-state index >= 15 is 0 Å². The van der Waals surface area contributed by atoms with E-state index in [0.29, 0.717) is 6.42 Å². The van der Waals surface area contributed by atoms with E-state index < -0.39 is 68.0 Å². The van der Waals surface area contributed by atoms with Gasteiger partial charge in [0.1, 0.15) is 42.7 Å². The van der Waals surface area contributed by atoms with Gasteiger partial charge in [0, 0.05) is 0 Å². The number of hydrogen-bond donors (Lipinski definition) is 6. The quantitative estimate of drug-likeness (QED) is 0.223. The lowest BCUT2D eigenvalue weighted by Crippen LogP contribution is -2.60. The van der Waals surface area contributed by atoms with Crippen LogP contribution in [-0.2, 0) is 23.7 Å². The molecule has 0 saturated carbocycles. The summed E-state index contributed by atoms with van der Waals surface area (Å²) in [5.74, 6) is -0.0793. The number of aliphatic hydroxyl groups is 6. The first-order chi connectivity index (χ1) is 16.4. The van der Waals surface area contributed by atoms with Gasteiger partial charge in [-0.1, -0.05) is 19.9 Å². The molecule has 35 heavy (non-hydrogen) atoms. The highest BCUT2D eigenvalue weighted by atomic mass is 16.7. The van der Waals surface area contributed by atoms with Crippen molar-refractivity contribution in [2.75, 3.05) is 13.2 Å². The molecule has 6 N–H and O–H groups in total. The Bertz CT molecular complexity index is 809. The van der Waals surface area contributed by atoms with Gasteiger partial charge in [-0.05, 0) is 49.3 Å². The molecule has 3 aliphatic rings. The van der Waals surface area contributed by atoms with Gasteiger partial charge in [-0.2, -0.15) is 0 Å². The molecule has 2 aliphatic heterocycles. The van der Waals surface area contributed by atoms with Crippen molar-refractivity contribution in [1.82, 2.24) is 0 Å². The number of hydrogen-bond acceptors (Lipinski definition) is 11. The molecule has 0 spiro atoms. The molecular formula is C24H38O11. The highest BCUT2D eigenvalue weighted by Crippen LogP contribution is 2.42. The van der Waals surface area contributed by atoms with Crippen molar-refractivity contribution in [3.8, 4) is 0 Å². The molecule has 0 amide bonds. The van der Waals surface area contributed by atoms with Gasteiger partial charge in [0.05, 0.1) is 19.3 Å². The van der Waals surface area contributed by atoms with E-state index in [1.54, 1.807) is 6.08 Å². The third kappa shape index (κ3) is 6.19. The first-order valence-electron chi connectivity index (χ1n) is 11.9. The summed E-state index contributed by atoms with van der Waals surface area (Å²) >= 11 is 0. The minimum absolute atomic E-state index is 0.0793. The van der Waals surface area contributed by atoms with Gasteiger partial charge in [-0.15, -0.1) is 0 Å². The minimum atomic E-state index is -1.59. The Kier molecular flexibility index (Phi) is 9.25. The van der Waals surface area contributed by atoms with E-state index in [1.165, 1.54) is 13.0 Å². The summed E-state index contributed by atoms with van der Waals surface area (Å²) in [5, 5.41) is 60.4. The van der Waals surface area contributed by atoms with E-state index in [2.05, 4.69) is 13.8 Å². The number of ether oxygens (including phenoxy) is 4. The maximum atomic E-state index is 11.5. The summed E-state index contributed by atoms with van der Waals surface area (Å²) in [6.45, 7) is 6.63. The zero-order chi connectivity index (χ0) is 26.1. The fourth-order valence-corrected chi connectivity index (χ4v) is 4.80. The van der Waals surface area contributed by atoms with Crippen LogP contribution in [0.1, 0.15) is 40.5 Å². The zero-order valence-corrected chi connectivity index (χ0v) is 20.5. The topological polar surface area (TPSA) is 175 Å². The standard InChI is InChI=1S/C24H38O11/c1-11(26)5-6-13-12(2)14(7-8-24(13,3)4)33-23-21(31)19(29)18(28)16(35-23)10-32-22-20(30)17(27)15(9-25)34-22/h5-6,14-23,25,27-31H,7-10H2,1-4H3. The van der Waals surface area contributed by atoms with Crippen LogP contribution < -0.4 is 0 Å². The number of rotatable bonds is 8. The Labute approximate surface area is 204 Å². The molecule has 11 nitrogen and oxygen atoms in total. The van der Waals surface area contributed by atoms with Crippen molar-refractivity contribution in [2.45, 2.75) is 102 Å². The molecule has 3 rings (SSSR count). The maximum Gasteiger partial charge on any atom is 0.187 e. The normalized spacial score (nSPS) is 42.1.